The summed E-state index contributed by atoms with van der Waals surface area (Å²) in [5.41, 5.74) is 0.493. The highest BCUT2D eigenvalue weighted by Crippen LogP contribution is 2.45. The monoisotopic (exact) mass is 354 g/mol. The minimum Gasteiger partial charge on any atom is -0.381 e. The number of carbonyl (C=O) groups excluding carboxylic acids is 1. The van der Waals surface area contributed by atoms with E-state index in [1.807, 2.05) is 17.8 Å². The fraction of sp³-hybridized carbons (Fsp3) is 0.765. The number of alkyl halides is 2. The Balaban J connectivity index is 1.53. The fourth-order valence-electron chi connectivity index (χ4n) is 4.53. The molecule has 4 heterocycles. The summed E-state index contributed by atoms with van der Waals surface area (Å²) in [6, 6.07) is 1.97. The van der Waals surface area contributed by atoms with Gasteiger partial charge in [0.2, 0.25) is 5.91 Å². The zero-order valence-electron chi connectivity index (χ0n) is 14.5. The quantitative estimate of drug-likeness (QED) is 0.817. The van der Waals surface area contributed by atoms with E-state index in [1.165, 1.54) is 4.90 Å². The zero-order valence-corrected chi connectivity index (χ0v) is 14.5. The number of halogens is 2. The molecule has 0 spiro atoms. The molecule has 6 nitrogen and oxygen atoms in total. The van der Waals surface area contributed by atoms with Crippen molar-refractivity contribution in [3.63, 3.8) is 0 Å². The van der Waals surface area contributed by atoms with E-state index in [0.29, 0.717) is 32.7 Å². The van der Waals surface area contributed by atoms with E-state index in [0.717, 1.165) is 12.2 Å². The minimum absolute atomic E-state index is 0.0659. The van der Waals surface area contributed by atoms with Crippen LogP contribution in [0.15, 0.2) is 12.3 Å². The van der Waals surface area contributed by atoms with Crippen LogP contribution in [0.4, 0.5) is 8.78 Å². The highest BCUT2D eigenvalue weighted by Gasteiger charge is 2.56. The second-order valence-electron chi connectivity index (χ2n) is 7.63. The maximum atomic E-state index is 13.6. The Morgan fingerprint density at radius 3 is 2.92 bits per heavy atom. The highest BCUT2D eigenvalue weighted by atomic mass is 19.3. The average molecular weight is 354 g/mol. The van der Waals surface area contributed by atoms with Gasteiger partial charge in [-0.25, -0.2) is 8.78 Å². The van der Waals surface area contributed by atoms with E-state index in [2.05, 4.69) is 10.00 Å². The lowest BCUT2D eigenvalue weighted by atomic mass is 9.73. The number of amides is 1. The van der Waals surface area contributed by atoms with Gasteiger partial charge in [0, 0.05) is 58.4 Å². The summed E-state index contributed by atoms with van der Waals surface area (Å²) in [7, 11) is 1.90. The first kappa shape index (κ1) is 16.9. The second kappa shape index (κ2) is 6.02. The number of carbonyl (C=O) groups is 1. The summed E-state index contributed by atoms with van der Waals surface area (Å²) in [6.45, 7) is 2.82. The number of likely N-dealkylation sites (tertiary alicyclic amines) is 2. The number of aryl methyl sites for hydroxylation is 1. The van der Waals surface area contributed by atoms with Gasteiger partial charge in [-0.2, -0.15) is 5.10 Å². The maximum Gasteiger partial charge on any atom is 0.267 e. The highest BCUT2D eigenvalue weighted by molar-refractivity contribution is 5.84. The average Bonchev–Trinajstić information content (AvgIpc) is 3.24. The Kier molecular flexibility index (Phi) is 4.07. The van der Waals surface area contributed by atoms with E-state index in [9.17, 15) is 13.6 Å². The summed E-state index contributed by atoms with van der Waals surface area (Å²) in [4.78, 5) is 16.8. The van der Waals surface area contributed by atoms with Crippen molar-refractivity contribution in [1.29, 1.82) is 0 Å². The minimum atomic E-state index is -2.75. The van der Waals surface area contributed by atoms with Crippen molar-refractivity contribution in [3.05, 3.63) is 18.0 Å². The van der Waals surface area contributed by atoms with Crippen molar-refractivity contribution in [2.75, 3.05) is 39.4 Å². The van der Waals surface area contributed by atoms with Crippen LogP contribution in [0.1, 0.15) is 18.5 Å². The molecule has 25 heavy (non-hydrogen) atoms. The summed E-state index contributed by atoms with van der Waals surface area (Å²) in [5.74, 6) is -2.79. The topological polar surface area (TPSA) is 50.6 Å². The van der Waals surface area contributed by atoms with Crippen molar-refractivity contribution in [2.45, 2.75) is 25.3 Å². The molecule has 3 aliphatic heterocycles. The van der Waals surface area contributed by atoms with Gasteiger partial charge in [-0.05, 0) is 12.5 Å². The second-order valence-corrected chi connectivity index (χ2v) is 7.63. The lowest BCUT2D eigenvalue weighted by molar-refractivity contribution is -0.151. The van der Waals surface area contributed by atoms with Gasteiger partial charge in [-0.3, -0.25) is 14.4 Å². The number of hydrogen-bond donors (Lipinski definition) is 0. The molecule has 0 bridgehead atoms. The van der Waals surface area contributed by atoms with E-state index in [-0.39, 0.29) is 24.8 Å². The molecule has 4 rings (SSSR count). The summed E-state index contributed by atoms with van der Waals surface area (Å²) in [5, 5.41) is 4.19. The van der Waals surface area contributed by atoms with Crippen LogP contribution in [-0.2, 0) is 23.1 Å². The molecule has 3 saturated heterocycles. The predicted octanol–water partition coefficient (Wildman–Crippen LogP) is 1.13. The Morgan fingerprint density at radius 1 is 1.40 bits per heavy atom. The zero-order chi connectivity index (χ0) is 17.7. The van der Waals surface area contributed by atoms with Crippen LogP contribution in [0.5, 0.6) is 0 Å². The van der Waals surface area contributed by atoms with E-state index >= 15 is 0 Å². The number of fused-ring (bicyclic) bond motifs is 1. The van der Waals surface area contributed by atoms with Crippen molar-refractivity contribution in [3.8, 4) is 0 Å². The van der Waals surface area contributed by atoms with Crippen LogP contribution in [0.25, 0.3) is 0 Å². The van der Waals surface area contributed by atoms with E-state index in [1.54, 1.807) is 6.20 Å². The largest absolute Gasteiger partial charge is 0.381 e. The van der Waals surface area contributed by atoms with Gasteiger partial charge >= 0.3 is 0 Å². The Labute approximate surface area is 145 Å². The van der Waals surface area contributed by atoms with Crippen LogP contribution in [0, 0.1) is 11.3 Å². The maximum absolute atomic E-state index is 13.6. The van der Waals surface area contributed by atoms with Gasteiger partial charge in [0.15, 0.2) is 0 Å². The van der Waals surface area contributed by atoms with E-state index in [4.69, 9.17) is 4.74 Å². The van der Waals surface area contributed by atoms with Crippen LogP contribution < -0.4 is 0 Å². The molecule has 0 saturated carbocycles. The van der Waals surface area contributed by atoms with Crippen LogP contribution in [0.2, 0.25) is 0 Å². The fourth-order valence-corrected chi connectivity index (χ4v) is 4.53. The molecule has 0 aromatic carbocycles. The lowest BCUT2D eigenvalue weighted by Crippen LogP contribution is -2.51. The van der Waals surface area contributed by atoms with Gasteiger partial charge in [0.25, 0.3) is 5.92 Å². The number of ether oxygens (including phenoxy) is 1. The third kappa shape index (κ3) is 2.95. The van der Waals surface area contributed by atoms with Gasteiger partial charge in [0.1, 0.15) is 0 Å². The first-order valence-corrected chi connectivity index (χ1v) is 8.84. The number of aromatic nitrogens is 2. The third-order valence-electron chi connectivity index (χ3n) is 5.97. The normalized spacial score (nSPS) is 32.1. The summed E-state index contributed by atoms with van der Waals surface area (Å²) < 4.78 is 34.6. The molecule has 8 heteroatoms. The van der Waals surface area contributed by atoms with Crippen molar-refractivity contribution in [1.82, 2.24) is 19.6 Å². The molecule has 138 valence electrons. The third-order valence-corrected chi connectivity index (χ3v) is 5.97. The molecule has 1 amide bonds. The van der Waals surface area contributed by atoms with Gasteiger partial charge in [-0.1, -0.05) is 0 Å². The van der Waals surface area contributed by atoms with Crippen molar-refractivity contribution >= 4 is 5.91 Å². The Morgan fingerprint density at radius 2 is 2.24 bits per heavy atom. The van der Waals surface area contributed by atoms with Gasteiger partial charge in [-0.15, -0.1) is 0 Å². The molecule has 0 N–H and O–H groups in total. The van der Waals surface area contributed by atoms with Crippen LogP contribution in [0.3, 0.4) is 0 Å². The molecule has 2 atom stereocenters. The summed E-state index contributed by atoms with van der Waals surface area (Å²) >= 11 is 0. The lowest BCUT2D eigenvalue weighted by Gasteiger charge is -2.39. The number of nitrogens with zero attached hydrogens (tertiary/aromatic N) is 4. The molecular formula is C17H24F2N4O2. The number of hydrogen-bond acceptors (Lipinski definition) is 4. The molecule has 2 unspecified atom stereocenters. The molecule has 0 aliphatic carbocycles. The standard InChI is InChI=1S/C17H24F2N4O2/c1-21-14(2-5-20-21)9-22-8-13-10-25-7-4-16(13,11-22)15(24)23-6-3-17(18,19)12-23/h2,5,13H,3-4,6-12H2,1H3. The van der Waals surface area contributed by atoms with Crippen LogP contribution >= 0.6 is 0 Å². The summed E-state index contributed by atoms with van der Waals surface area (Å²) in [6.07, 6.45) is 2.14. The molecule has 3 fully saturated rings. The van der Waals surface area contributed by atoms with Crippen LogP contribution in [-0.4, -0.2) is 70.8 Å². The molecule has 1 aromatic heterocycles. The number of rotatable bonds is 3. The molecule has 3 aliphatic rings. The molecule has 1 aromatic rings. The Hall–Kier alpha value is -1.54. The molecule has 0 radical (unpaired) electrons. The predicted molar refractivity (Wildman–Crippen MR) is 86.0 cm³/mol. The first-order chi connectivity index (χ1) is 11.9. The van der Waals surface area contributed by atoms with Crippen molar-refractivity contribution < 1.29 is 18.3 Å². The Bertz CT molecular complexity index is 665. The van der Waals surface area contributed by atoms with E-state index < -0.39 is 17.9 Å². The smallest absolute Gasteiger partial charge is 0.267 e. The van der Waals surface area contributed by atoms with Crippen molar-refractivity contribution in [2.24, 2.45) is 18.4 Å². The SMILES string of the molecule is Cn1nccc1CN1CC2COCCC2(C(=O)N2CCC(F)(F)C2)C1. The van der Waals surface area contributed by atoms with Gasteiger partial charge < -0.3 is 9.64 Å². The van der Waals surface area contributed by atoms with Gasteiger partial charge in [0.05, 0.1) is 24.3 Å². The first-order valence-electron chi connectivity index (χ1n) is 8.84. The molecular weight excluding hydrogens is 330 g/mol.